The van der Waals surface area contributed by atoms with Gasteiger partial charge >= 0.3 is 17.9 Å². The molecule has 1 saturated carbocycles. The van der Waals surface area contributed by atoms with Gasteiger partial charge in [0.2, 0.25) is 0 Å². The number of benzene rings is 6. The molecule has 7 rings (SSSR count). The summed E-state index contributed by atoms with van der Waals surface area (Å²) in [6, 6.07) is 51.6. The van der Waals surface area contributed by atoms with Gasteiger partial charge < -0.3 is 18.9 Å². The summed E-state index contributed by atoms with van der Waals surface area (Å²) in [6.45, 7) is 32.2. The third-order valence-corrected chi connectivity index (χ3v) is 15.4. The van der Waals surface area contributed by atoms with Gasteiger partial charge in [-0.05, 0) is 175 Å². The van der Waals surface area contributed by atoms with E-state index in [9.17, 15) is 14.4 Å². The summed E-state index contributed by atoms with van der Waals surface area (Å²) >= 11 is 0. The Morgan fingerprint density at radius 3 is 1.08 bits per heavy atom. The highest BCUT2D eigenvalue weighted by atomic mass is 16.5. The highest BCUT2D eigenvalue weighted by Crippen LogP contribution is 2.29. The third kappa shape index (κ3) is 25.0. The van der Waals surface area contributed by atoms with Crippen molar-refractivity contribution in [2.45, 2.75) is 204 Å². The van der Waals surface area contributed by atoms with Crippen LogP contribution in [0.25, 0.3) is 0 Å². The van der Waals surface area contributed by atoms with Crippen LogP contribution in [0.5, 0.6) is 23.0 Å². The summed E-state index contributed by atoms with van der Waals surface area (Å²) in [5.41, 5.74) is 7.43. The predicted molar refractivity (Wildman–Crippen MR) is 330 cm³/mol. The van der Waals surface area contributed by atoms with Crippen LogP contribution in [0, 0.1) is 11.3 Å². The maximum Gasteiger partial charge on any atom is 0.343 e. The summed E-state index contributed by atoms with van der Waals surface area (Å²) in [6.07, 6.45) is 11.5. The van der Waals surface area contributed by atoms with Crippen molar-refractivity contribution >= 4 is 17.9 Å². The predicted octanol–water partition coefficient (Wildman–Crippen LogP) is 20.4. The third-order valence-electron chi connectivity index (χ3n) is 15.4. The van der Waals surface area contributed by atoms with Crippen LogP contribution in [-0.4, -0.2) is 24.0 Å². The molecule has 1 aliphatic rings. The molecule has 0 heterocycles. The first-order chi connectivity index (χ1) is 37.7. The number of carbonyl (C=O) groups is 3. The Kier molecular flexibility index (Phi) is 30.4. The van der Waals surface area contributed by atoms with Gasteiger partial charge in [0.05, 0.1) is 11.5 Å². The second-order valence-corrected chi connectivity index (χ2v) is 22.5. The molecule has 0 aliphatic heterocycles. The quantitative estimate of drug-likeness (QED) is 0.0664. The number of rotatable bonds is 17. The average Bonchev–Trinajstić information content (AvgIpc) is 3.47. The van der Waals surface area contributed by atoms with Crippen LogP contribution in [0.2, 0.25) is 0 Å². The molecule has 79 heavy (non-hydrogen) atoms. The van der Waals surface area contributed by atoms with Crippen molar-refractivity contribution in [1.29, 1.82) is 0 Å². The average molecular weight is 1080 g/mol. The van der Waals surface area contributed by atoms with Crippen LogP contribution in [0.1, 0.15) is 236 Å². The normalized spacial score (nSPS) is 14.3. The highest BCUT2D eigenvalue weighted by molar-refractivity contribution is 5.91. The Morgan fingerprint density at radius 1 is 0.418 bits per heavy atom. The molecule has 1 aliphatic carbocycles. The molecule has 6 atom stereocenters. The lowest BCUT2D eigenvalue weighted by Crippen LogP contribution is -2.28. The molecule has 0 N–H and O–H groups in total. The fourth-order valence-electron chi connectivity index (χ4n) is 8.25. The van der Waals surface area contributed by atoms with Gasteiger partial charge in [0.25, 0.3) is 0 Å². The first-order valence-corrected chi connectivity index (χ1v) is 29.5. The van der Waals surface area contributed by atoms with Crippen LogP contribution >= 0.6 is 0 Å². The molecule has 428 valence electrons. The lowest BCUT2D eigenvalue weighted by atomic mass is 9.89. The van der Waals surface area contributed by atoms with Crippen LogP contribution < -0.4 is 18.9 Å². The summed E-state index contributed by atoms with van der Waals surface area (Å²) in [5.74, 6) is 5.30. The van der Waals surface area contributed by atoms with Gasteiger partial charge in [-0.2, -0.15) is 0 Å². The van der Waals surface area contributed by atoms with Crippen LogP contribution in [0.4, 0.5) is 0 Å². The fourth-order valence-corrected chi connectivity index (χ4v) is 8.25. The van der Waals surface area contributed by atoms with Crippen LogP contribution in [-0.2, 0) is 9.59 Å². The second-order valence-electron chi connectivity index (χ2n) is 22.5. The first kappa shape index (κ1) is 66.8. The largest absolute Gasteiger partial charge is 0.490 e. The zero-order valence-corrected chi connectivity index (χ0v) is 51.0. The standard InChI is InChI=1S/C17H24O2.C17H18O2.C16H26O.C12H16O2.C10H14/c2*1-3-13(2)14-9-11-16(12-10-14)19-17(18)15-7-5-4-6-8-15;1-7-12(2)14-8-10-15(11-9-14)17-13(3)16(4,5)6;1-4-9(2)11-5-7-12(8-6-11)14-10(3)13;1-3-9(2)10-7-5-4-6-8-10/h9-13,15H,3-8H2,1-2H3;4-13H,3H2,1-2H3;8-13H,7H2,1-6H3;5-9H,4H2,1-3H3;4-9H,3H2,1-2H3. The molecule has 0 bridgehead atoms. The van der Waals surface area contributed by atoms with Crippen molar-refractivity contribution in [3.8, 4) is 23.0 Å². The van der Waals surface area contributed by atoms with Crippen molar-refractivity contribution in [3.05, 3.63) is 191 Å². The summed E-state index contributed by atoms with van der Waals surface area (Å²) < 4.78 is 21.7. The maximum atomic E-state index is 12.0. The number of hydrogen-bond acceptors (Lipinski definition) is 7. The minimum atomic E-state index is -0.322. The molecule has 0 spiro atoms. The lowest BCUT2D eigenvalue weighted by Gasteiger charge is -2.28. The molecular weight excluding hydrogens is 977 g/mol. The minimum Gasteiger partial charge on any atom is -0.490 e. The monoisotopic (exact) mass is 1070 g/mol. The van der Waals surface area contributed by atoms with Gasteiger partial charge in [-0.1, -0.05) is 206 Å². The summed E-state index contributed by atoms with van der Waals surface area (Å²) in [5, 5.41) is 0. The van der Waals surface area contributed by atoms with Crippen LogP contribution in [0.15, 0.2) is 158 Å². The zero-order chi connectivity index (χ0) is 58.3. The molecule has 6 aromatic rings. The molecule has 1 fully saturated rings. The molecule has 0 saturated heterocycles. The van der Waals surface area contributed by atoms with Crippen molar-refractivity contribution in [2.75, 3.05) is 0 Å². The van der Waals surface area contributed by atoms with Gasteiger partial charge in [-0.25, -0.2) is 4.79 Å². The van der Waals surface area contributed by atoms with Crippen molar-refractivity contribution in [3.63, 3.8) is 0 Å². The van der Waals surface area contributed by atoms with Gasteiger partial charge in [-0.3, -0.25) is 9.59 Å². The number of esters is 3. The Morgan fingerprint density at radius 2 is 0.734 bits per heavy atom. The lowest BCUT2D eigenvalue weighted by molar-refractivity contribution is -0.140. The second kappa shape index (κ2) is 35.9. The van der Waals surface area contributed by atoms with Gasteiger partial charge in [0, 0.05) is 6.92 Å². The van der Waals surface area contributed by atoms with E-state index in [4.69, 9.17) is 18.9 Å². The topological polar surface area (TPSA) is 88.1 Å². The Hall–Kier alpha value is -6.47. The number of ether oxygens (including phenoxy) is 4. The van der Waals surface area contributed by atoms with E-state index >= 15 is 0 Å². The van der Waals surface area contributed by atoms with E-state index in [0.717, 1.165) is 50.7 Å². The highest BCUT2D eigenvalue weighted by Gasteiger charge is 2.24. The molecule has 0 radical (unpaired) electrons. The van der Waals surface area contributed by atoms with E-state index in [1.165, 1.54) is 54.0 Å². The SMILES string of the molecule is CCC(C)c1ccc(OC(=O)C2CCCCC2)cc1.CCC(C)c1ccc(OC(=O)c2ccccc2)cc1.CCC(C)c1ccc(OC(C)=O)cc1.CCC(C)c1ccc(OC(C)C(C)(C)C)cc1.CCC(C)c1ccccc1. The number of carbonyl (C=O) groups excluding carboxylic acids is 3. The number of hydrogen-bond donors (Lipinski definition) is 0. The summed E-state index contributed by atoms with van der Waals surface area (Å²) in [4.78, 5) is 34.6. The molecule has 7 nitrogen and oxygen atoms in total. The van der Waals surface area contributed by atoms with Gasteiger partial charge in [0.15, 0.2) is 0 Å². The van der Waals surface area contributed by atoms with Crippen molar-refractivity contribution in [2.24, 2.45) is 11.3 Å². The molecular formula is C72H98O7. The van der Waals surface area contributed by atoms with E-state index in [1.54, 1.807) is 12.1 Å². The summed E-state index contributed by atoms with van der Waals surface area (Å²) in [7, 11) is 0. The van der Waals surface area contributed by atoms with Gasteiger partial charge in [0.1, 0.15) is 29.1 Å². The van der Waals surface area contributed by atoms with Crippen molar-refractivity contribution < 1.29 is 33.3 Å². The van der Waals surface area contributed by atoms with E-state index in [-0.39, 0.29) is 35.3 Å². The molecule has 6 aromatic carbocycles. The van der Waals surface area contributed by atoms with Gasteiger partial charge in [-0.15, -0.1) is 0 Å². The fraction of sp³-hybridized carbons (Fsp3) is 0.458. The molecule has 0 amide bonds. The Balaban J connectivity index is 0.000000263. The van der Waals surface area contributed by atoms with E-state index in [0.29, 0.717) is 52.4 Å². The van der Waals surface area contributed by atoms with Crippen LogP contribution in [0.3, 0.4) is 0 Å². The Bertz CT molecular complexity index is 2580. The Labute approximate surface area is 478 Å². The molecule has 0 aromatic heterocycles. The smallest absolute Gasteiger partial charge is 0.343 e. The molecule has 6 unspecified atom stereocenters. The van der Waals surface area contributed by atoms with E-state index < -0.39 is 0 Å². The van der Waals surface area contributed by atoms with Crippen molar-refractivity contribution in [1.82, 2.24) is 0 Å². The maximum absolute atomic E-state index is 12.0. The van der Waals surface area contributed by atoms with E-state index in [2.05, 4.69) is 164 Å². The first-order valence-electron chi connectivity index (χ1n) is 29.5. The molecule has 7 heteroatoms. The minimum absolute atomic E-state index is 0.0454. The zero-order valence-electron chi connectivity index (χ0n) is 51.0. The van der Waals surface area contributed by atoms with E-state index in [1.807, 2.05) is 78.9 Å².